The Hall–Kier alpha value is -3.67. The number of hydrogen-bond acceptors (Lipinski definition) is 4. The van der Waals surface area contributed by atoms with Gasteiger partial charge in [-0.1, -0.05) is 18.2 Å². The monoisotopic (exact) mass is 445 g/mol. The van der Waals surface area contributed by atoms with Crippen LogP contribution in [0.5, 0.6) is 5.75 Å². The first-order valence-electron chi connectivity index (χ1n) is 9.55. The fourth-order valence-electron chi connectivity index (χ4n) is 3.73. The Kier molecular flexibility index (Phi) is 6.35. The molecule has 0 saturated carbocycles. The van der Waals surface area contributed by atoms with Crippen LogP contribution in [0.4, 0.5) is 23.2 Å². The van der Waals surface area contributed by atoms with Gasteiger partial charge in [0.1, 0.15) is 11.6 Å². The van der Waals surface area contributed by atoms with Crippen LogP contribution >= 0.6 is 0 Å². The molecule has 1 N–H and O–H groups in total. The van der Waals surface area contributed by atoms with Crippen LogP contribution in [0.3, 0.4) is 0 Å². The quantitative estimate of drug-likeness (QED) is 0.635. The lowest BCUT2D eigenvalue weighted by Crippen LogP contribution is -2.31. The van der Waals surface area contributed by atoms with Gasteiger partial charge >= 0.3 is 6.18 Å². The molecule has 0 saturated heterocycles. The highest BCUT2D eigenvalue weighted by molar-refractivity contribution is 6.08. The minimum atomic E-state index is -4.73. The summed E-state index contributed by atoms with van der Waals surface area (Å²) >= 11 is 0. The Balaban J connectivity index is 2.11. The van der Waals surface area contributed by atoms with Gasteiger partial charge in [-0.15, -0.1) is 0 Å². The summed E-state index contributed by atoms with van der Waals surface area (Å²) in [6.07, 6.45) is -4.73. The third kappa shape index (κ3) is 4.35. The van der Waals surface area contributed by atoms with Crippen LogP contribution < -0.4 is 10.1 Å². The van der Waals surface area contributed by atoms with E-state index in [1.165, 1.54) is 14.0 Å². The first kappa shape index (κ1) is 23.0. The van der Waals surface area contributed by atoms with Crippen molar-refractivity contribution in [2.45, 2.75) is 25.9 Å². The molecule has 5 nitrogen and oxygen atoms in total. The third-order valence-electron chi connectivity index (χ3n) is 5.23. The van der Waals surface area contributed by atoms with Crippen LogP contribution in [0.15, 0.2) is 58.7 Å². The number of aliphatic imine (C=N–C) groups is 1. The van der Waals surface area contributed by atoms with Crippen molar-refractivity contribution in [3.05, 3.63) is 70.7 Å². The Morgan fingerprint density at radius 2 is 1.88 bits per heavy atom. The Bertz CT molecular complexity index is 1160. The normalized spacial score (nSPS) is 18.6. The lowest BCUT2D eigenvalue weighted by molar-refractivity contribution is -0.137. The number of para-hydroxylation sites is 2. The maximum Gasteiger partial charge on any atom is 0.416 e. The van der Waals surface area contributed by atoms with Gasteiger partial charge in [-0.3, -0.25) is 9.79 Å². The maximum atomic E-state index is 14.9. The molecule has 166 valence electrons. The third-order valence-corrected chi connectivity index (χ3v) is 5.23. The maximum absolute atomic E-state index is 14.9. The van der Waals surface area contributed by atoms with Crippen LogP contribution in [-0.4, -0.2) is 18.7 Å². The highest BCUT2D eigenvalue weighted by atomic mass is 19.4. The molecule has 1 heterocycles. The summed E-state index contributed by atoms with van der Waals surface area (Å²) in [5.74, 6) is -3.62. The number of methoxy groups -OCH3 is 1. The Morgan fingerprint density at radius 3 is 2.47 bits per heavy atom. The van der Waals surface area contributed by atoms with Crippen molar-refractivity contribution in [3.63, 3.8) is 0 Å². The van der Waals surface area contributed by atoms with Gasteiger partial charge in [0.25, 0.3) is 5.91 Å². The fraction of sp³-hybridized carbons (Fsp3) is 0.261. The Labute approximate surface area is 182 Å². The molecule has 3 rings (SSSR count). The van der Waals surface area contributed by atoms with E-state index in [2.05, 4.69) is 10.3 Å². The number of benzene rings is 2. The smallest absolute Gasteiger partial charge is 0.416 e. The molecule has 0 aromatic heterocycles. The van der Waals surface area contributed by atoms with Crippen LogP contribution in [0.25, 0.3) is 0 Å². The average molecular weight is 445 g/mol. The summed E-state index contributed by atoms with van der Waals surface area (Å²) in [7, 11) is 1.43. The van der Waals surface area contributed by atoms with Crippen molar-refractivity contribution < 1.29 is 27.1 Å². The summed E-state index contributed by atoms with van der Waals surface area (Å²) in [6, 6.07) is 10.7. The predicted octanol–water partition coefficient (Wildman–Crippen LogP) is 5.46. The van der Waals surface area contributed by atoms with Gasteiger partial charge in [0.05, 0.1) is 30.3 Å². The lowest BCUT2D eigenvalue weighted by atomic mass is 9.75. The number of nitriles is 1. The van der Waals surface area contributed by atoms with Crippen LogP contribution in [-0.2, 0) is 11.0 Å². The van der Waals surface area contributed by atoms with Crippen molar-refractivity contribution in [1.82, 2.24) is 0 Å². The summed E-state index contributed by atoms with van der Waals surface area (Å²) in [5, 5.41) is 12.4. The largest absolute Gasteiger partial charge is 0.495 e. The molecule has 2 aromatic rings. The number of nitrogens with zero attached hydrogens (tertiary/aromatic N) is 2. The van der Waals surface area contributed by atoms with Gasteiger partial charge in [0.15, 0.2) is 0 Å². The fourth-order valence-corrected chi connectivity index (χ4v) is 3.73. The second-order valence-corrected chi connectivity index (χ2v) is 7.23. The topological polar surface area (TPSA) is 74.5 Å². The number of anilines is 1. The molecule has 2 unspecified atom stereocenters. The number of alkyl halides is 3. The van der Waals surface area contributed by atoms with Crippen LogP contribution in [0.1, 0.15) is 30.9 Å². The van der Waals surface area contributed by atoms with Gasteiger partial charge in [-0.25, -0.2) is 4.39 Å². The number of ether oxygens (including phenoxy) is 1. The number of nitrogens with one attached hydrogen (secondary N) is 1. The molecule has 2 aromatic carbocycles. The van der Waals surface area contributed by atoms with E-state index < -0.39 is 35.3 Å². The molecular weight excluding hydrogens is 426 g/mol. The standard InChI is InChI=1S/C23H19F4N3O2/c1-12-16(11-28)21(15-9-8-14(10-17(15)24)23(25,26)27)20(13(2)29-12)22(31)30-18-6-4-5-7-19(18)32-3/h4-10,16,21H,1-3H3,(H,30,31). The number of hydrogen-bond donors (Lipinski definition) is 1. The van der Waals surface area contributed by atoms with Crippen molar-refractivity contribution in [3.8, 4) is 11.8 Å². The summed E-state index contributed by atoms with van der Waals surface area (Å²) in [5.41, 5.74) is -0.440. The first-order valence-corrected chi connectivity index (χ1v) is 9.55. The van der Waals surface area contributed by atoms with Crippen molar-refractivity contribution in [2.75, 3.05) is 12.4 Å². The molecule has 0 spiro atoms. The van der Waals surface area contributed by atoms with Gasteiger partial charge < -0.3 is 10.1 Å². The Morgan fingerprint density at radius 1 is 1.19 bits per heavy atom. The van der Waals surface area contributed by atoms with E-state index in [-0.39, 0.29) is 16.8 Å². The predicted molar refractivity (Wildman–Crippen MR) is 111 cm³/mol. The summed E-state index contributed by atoms with van der Waals surface area (Å²) < 4.78 is 59.1. The second-order valence-electron chi connectivity index (χ2n) is 7.23. The molecule has 0 fully saturated rings. The average Bonchev–Trinajstić information content (AvgIpc) is 2.73. The second kappa shape index (κ2) is 8.83. The molecule has 1 aliphatic heterocycles. The van der Waals surface area contributed by atoms with E-state index >= 15 is 0 Å². The SMILES string of the molecule is COc1ccccc1NC(=O)C1=C(C)N=C(C)C(C#N)C1c1ccc(C(F)(F)F)cc1F. The van der Waals surface area contributed by atoms with E-state index in [0.29, 0.717) is 23.2 Å². The number of halogens is 4. The summed E-state index contributed by atoms with van der Waals surface area (Å²) in [6.45, 7) is 3.09. The minimum Gasteiger partial charge on any atom is -0.495 e. The molecular formula is C23H19F4N3O2. The highest BCUT2D eigenvalue weighted by Gasteiger charge is 2.40. The molecule has 0 bridgehead atoms. The van der Waals surface area contributed by atoms with E-state index in [4.69, 9.17) is 4.74 Å². The number of carbonyl (C=O) groups is 1. The summed E-state index contributed by atoms with van der Waals surface area (Å²) in [4.78, 5) is 17.5. The van der Waals surface area contributed by atoms with Gasteiger partial charge in [-0.05, 0) is 43.7 Å². The zero-order valence-corrected chi connectivity index (χ0v) is 17.4. The van der Waals surface area contributed by atoms with Crippen molar-refractivity contribution in [1.29, 1.82) is 5.26 Å². The number of rotatable bonds is 4. The van der Waals surface area contributed by atoms with E-state index in [9.17, 15) is 27.6 Å². The molecule has 2 atom stereocenters. The zero-order chi connectivity index (χ0) is 23.6. The highest BCUT2D eigenvalue weighted by Crippen LogP contribution is 2.41. The van der Waals surface area contributed by atoms with Crippen LogP contribution in [0.2, 0.25) is 0 Å². The molecule has 32 heavy (non-hydrogen) atoms. The molecule has 1 amide bonds. The molecule has 9 heteroatoms. The van der Waals surface area contributed by atoms with Crippen LogP contribution in [0, 0.1) is 23.1 Å². The first-order chi connectivity index (χ1) is 15.1. The number of carbonyl (C=O) groups excluding carboxylic acids is 1. The van der Waals surface area contributed by atoms with Crippen molar-refractivity contribution >= 4 is 17.3 Å². The molecule has 0 aliphatic carbocycles. The van der Waals surface area contributed by atoms with Gasteiger partial charge in [0, 0.05) is 22.9 Å². The van der Waals surface area contributed by atoms with E-state index in [1.807, 2.05) is 6.07 Å². The van der Waals surface area contributed by atoms with Gasteiger partial charge in [-0.2, -0.15) is 18.4 Å². The molecule has 1 aliphatic rings. The minimum absolute atomic E-state index is 0.00767. The number of allylic oxidation sites excluding steroid dienone is 1. The van der Waals surface area contributed by atoms with E-state index in [1.54, 1.807) is 31.2 Å². The van der Waals surface area contributed by atoms with Crippen molar-refractivity contribution in [2.24, 2.45) is 10.9 Å². The van der Waals surface area contributed by atoms with Gasteiger partial charge in [0.2, 0.25) is 0 Å². The van der Waals surface area contributed by atoms with E-state index in [0.717, 1.165) is 12.1 Å². The molecule has 0 radical (unpaired) electrons. The zero-order valence-electron chi connectivity index (χ0n) is 17.4. The number of amides is 1. The lowest BCUT2D eigenvalue weighted by Gasteiger charge is -2.30.